The number of hydrogen-bond acceptors (Lipinski definition) is 0. The Hall–Kier alpha value is 0. The molecule has 0 aromatic rings. The van der Waals surface area contributed by atoms with Crippen molar-refractivity contribution in [1.29, 1.82) is 0 Å². The van der Waals surface area contributed by atoms with E-state index in [-0.39, 0.29) is 0 Å². The van der Waals surface area contributed by atoms with Gasteiger partial charge in [0, 0.05) is 0 Å². The van der Waals surface area contributed by atoms with Crippen molar-refractivity contribution < 1.29 is 0 Å². The maximum absolute atomic E-state index is 2.50. The third-order valence-corrected chi connectivity index (χ3v) is 5.01. The van der Waals surface area contributed by atoms with Crippen LogP contribution in [-0.2, 0) is 0 Å². The van der Waals surface area contributed by atoms with Crippen LogP contribution in [0.25, 0.3) is 0 Å². The molecule has 1 aliphatic carbocycles. The van der Waals surface area contributed by atoms with Gasteiger partial charge in [-0.05, 0) is 37.5 Å². The SMILES string of the molecule is CCCCCCCCCCCCC1CC[CH]CC1C. The Bertz CT molecular complexity index is 184. The highest BCUT2D eigenvalue weighted by molar-refractivity contribution is 4.81. The summed E-state index contributed by atoms with van der Waals surface area (Å²) in [5, 5.41) is 0. The molecular weight excluding hydrogens is 228 g/mol. The highest BCUT2D eigenvalue weighted by Crippen LogP contribution is 2.32. The molecule has 1 rings (SSSR count). The second kappa shape index (κ2) is 11.8. The summed E-state index contributed by atoms with van der Waals surface area (Å²) < 4.78 is 0. The second-order valence-electron chi connectivity index (χ2n) is 6.81. The van der Waals surface area contributed by atoms with Crippen molar-refractivity contribution in [2.24, 2.45) is 11.8 Å². The monoisotopic (exact) mass is 265 g/mol. The van der Waals surface area contributed by atoms with Crippen LogP contribution in [0.2, 0.25) is 0 Å². The fraction of sp³-hybridized carbons (Fsp3) is 0.947. The lowest BCUT2D eigenvalue weighted by Crippen LogP contribution is -2.16. The second-order valence-corrected chi connectivity index (χ2v) is 6.81. The van der Waals surface area contributed by atoms with Crippen LogP contribution in [0.3, 0.4) is 0 Å². The Labute approximate surface area is 122 Å². The van der Waals surface area contributed by atoms with Crippen molar-refractivity contribution in [1.82, 2.24) is 0 Å². The van der Waals surface area contributed by atoms with Crippen LogP contribution in [0, 0.1) is 18.3 Å². The van der Waals surface area contributed by atoms with Crippen LogP contribution >= 0.6 is 0 Å². The average molecular weight is 266 g/mol. The molecule has 0 nitrogen and oxygen atoms in total. The van der Waals surface area contributed by atoms with E-state index in [0.717, 1.165) is 11.8 Å². The van der Waals surface area contributed by atoms with E-state index in [1.54, 1.807) is 0 Å². The summed E-state index contributed by atoms with van der Waals surface area (Å²) in [5.41, 5.74) is 0. The Morgan fingerprint density at radius 2 is 1.42 bits per heavy atom. The molecular formula is C19H37. The lowest BCUT2D eigenvalue weighted by atomic mass is 9.78. The molecule has 2 unspecified atom stereocenters. The van der Waals surface area contributed by atoms with Crippen LogP contribution in [0.4, 0.5) is 0 Å². The first-order valence-electron chi connectivity index (χ1n) is 9.16. The molecule has 0 bridgehead atoms. The van der Waals surface area contributed by atoms with Gasteiger partial charge in [-0.1, -0.05) is 84.5 Å². The van der Waals surface area contributed by atoms with Crippen LogP contribution in [-0.4, -0.2) is 0 Å². The number of hydrogen-bond donors (Lipinski definition) is 0. The topological polar surface area (TPSA) is 0 Å². The molecule has 0 spiro atoms. The molecule has 0 heterocycles. The summed E-state index contributed by atoms with van der Waals surface area (Å²) in [6.07, 6.45) is 22.9. The molecule has 0 saturated heterocycles. The summed E-state index contributed by atoms with van der Waals surface area (Å²) in [6.45, 7) is 4.75. The smallest absolute Gasteiger partial charge is 0.0383 e. The molecule has 1 radical (unpaired) electrons. The van der Waals surface area contributed by atoms with Crippen molar-refractivity contribution in [3.63, 3.8) is 0 Å². The summed E-state index contributed by atoms with van der Waals surface area (Å²) in [5.74, 6) is 2.01. The molecule has 0 aromatic heterocycles. The first-order valence-corrected chi connectivity index (χ1v) is 9.16. The lowest BCUT2D eigenvalue weighted by Gasteiger charge is -2.28. The maximum atomic E-state index is 2.50. The van der Waals surface area contributed by atoms with E-state index in [1.165, 1.54) is 89.9 Å². The van der Waals surface area contributed by atoms with Gasteiger partial charge in [0.25, 0.3) is 0 Å². The van der Waals surface area contributed by atoms with Gasteiger partial charge in [-0.25, -0.2) is 0 Å². The predicted octanol–water partition coefficient (Wildman–Crippen LogP) is 6.94. The Morgan fingerprint density at radius 3 is 2.00 bits per heavy atom. The molecule has 19 heavy (non-hydrogen) atoms. The summed E-state index contributed by atoms with van der Waals surface area (Å²) in [6, 6.07) is 0. The normalized spacial score (nSPS) is 23.7. The Morgan fingerprint density at radius 1 is 0.842 bits per heavy atom. The van der Waals surface area contributed by atoms with Gasteiger partial charge in [0.2, 0.25) is 0 Å². The summed E-state index contributed by atoms with van der Waals surface area (Å²) in [7, 11) is 0. The minimum absolute atomic E-state index is 0.965. The van der Waals surface area contributed by atoms with Crippen LogP contribution in [0.5, 0.6) is 0 Å². The zero-order valence-electron chi connectivity index (χ0n) is 13.6. The van der Waals surface area contributed by atoms with Gasteiger partial charge in [0.1, 0.15) is 0 Å². The molecule has 0 amide bonds. The molecule has 1 saturated carbocycles. The van der Waals surface area contributed by atoms with Crippen LogP contribution in [0.1, 0.15) is 104 Å². The average Bonchev–Trinajstić information content (AvgIpc) is 2.43. The van der Waals surface area contributed by atoms with E-state index in [2.05, 4.69) is 20.3 Å². The lowest BCUT2D eigenvalue weighted by molar-refractivity contribution is 0.269. The van der Waals surface area contributed by atoms with Gasteiger partial charge in [0.15, 0.2) is 0 Å². The van der Waals surface area contributed by atoms with Crippen LogP contribution in [0.15, 0.2) is 0 Å². The van der Waals surface area contributed by atoms with Crippen LogP contribution < -0.4 is 0 Å². The highest BCUT2D eigenvalue weighted by atomic mass is 14.3. The quantitative estimate of drug-likeness (QED) is 0.355. The number of rotatable bonds is 11. The largest absolute Gasteiger partial charge is 0.0654 e. The zero-order chi connectivity index (χ0) is 13.8. The van der Waals surface area contributed by atoms with Crippen molar-refractivity contribution >= 4 is 0 Å². The maximum Gasteiger partial charge on any atom is -0.0383 e. The van der Waals surface area contributed by atoms with E-state index in [0.29, 0.717) is 0 Å². The third kappa shape index (κ3) is 8.71. The van der Waals surface area contributed by atoms with Gasteiger partial charge in [-0.3, -0.25) is 0 Å². The molecule has 1 fully saturated rings. The van der Waals surface area contributed by atoms with E-state index >= 15 is 0 Å². The molecule has 0 N–H and O–H groups in total. The van der Waals surface area contributed by atoms with E-state index in [4.69, 9.17) is 0 Å². The standard InChI is InChI=1S/C19H37/c1-3-4-5-6-7-8-9-10-11-12-16-19-17-14-13-15-18(19)2/h13,18-19H,3-12,14-17H2,1-2H3. The van der Waals surface area contributed by atoms with Gasteiger partial charge < -0.3 is 0 Å². The van der Waals surface area contributed by atoms with Crippen molar-refractivity contribution in [3.8, 4) is 0 Å². The Kier molecular flexibility index (Phi) is 10.6. The minimum atomic E-state index is 0.965. The fourth-order valence-corrected chi connectivity index (χ4v) is 3.51. The van der Waals surface area contributed by atoms with Gasteiger partial charge in [-0.15, -0.1) is 0 Å². The molecule has 2 atom stereocenters. The third-order valence-electron chi connectivity index (χ3n) is 5.01. The molecule has 1 aliphatic rings. The van der Waals surface area contributed by atoms with Crippen molar-refractivity contribution in [3.05, 3.63) is 6.42 Å². The number of unbranched alkanes of at least 4 members (excludes halogenated alkanes) is 9. The molecule has 0 aromatic carbocycles. The molecule has 0 aliphatic heterocycles. The first-order chi connectivity index (χ1) is 9.34. The zero-order valence-corrected chi connectivity index (χ0v) is 13.6. The summed E-state index contributed by atoms with van der Waals surface area (Å²) in [4.78, 5) is 0. The van der Waals surface area contributed by atoms with Gasteiger partial charge in [0.05, 0.1) is 0 Å². The van der Waals surface area contributed by atoms with Gasteiger partial charge in [-0.2, -0.15) is 0 Å². The predicted molar refractivity (Wildman–Crippen MR) is 87.3 cm³/mol. The summed E-state index contributed by atoms with van der Waals surface area (Å²) >= 11 is 0. The highest BCUT2D eigenvalue weighted by Gasteiger charge is 2.20. The first kappa shape index (κ1) is 17.1. The van der Waals surface area contributed by atoms with E-state index < -0.39 is 0 Å². The molecule has 0 heteroatoms. The molecule has 113 valence electrons. The van der Waals surface area contributed by atoms with Gasteiger partial charge >= 0.3 is 0 Å². The fourth-order valence-electron chi connectivity index (χ4n) is 3.51. The van der Waals surface area contributed by atoms with Crippen molar-refractivity contribution in [2.75, 3.05) is 0 Å². The minimum Gasteiger partial charge on any atom is -0.0654 e. The Balaban J connectivity index is 1.80. The van der Waals surface area contributed by atoms with Crippen molar-refractivity contribution in [2.45, 2.75) is 104 Å². The van der Waals surface area contributed by atoms with E-state index in [9.17, 15) is 0 Å². The van der Waals surface area contributed by atoms with E-state index in [1.807, 2.05) is 0 Å².